The van der Waals surface area contributed by atoms with Crippen LogP contribution in [0.1, 0.15) is 26.7 Å². The van der Waals surface area contributed by atoms with Crippen LogP contribution >= 0.6 is 0 Å². The molecule has 0 saturated heterocycles. The minimum Gasteiger partial charge on any atom is -0.379 e. The molecule has 0 aliphatic heterocycles. The van der Waals surface area contributed by atoms with E-state index < -0.39 is 10.0 Å². The number of nitrogens with one attached hydrogen (secondary N) is 2. The second-order valence-electron chi connectivity index (χ2n) is 4.41. The second-order valence-corrected chi connectivity index (χ2v) is 6.18. The molecule has 0 amide bonds. The molecule has 0 spiro atoms. The van der Waals surface area contributed by atoms with E-state index in [0.29, 0.717) is 19.6 Å². The van der Waals surface area contributed by atoms with Crippen LogP contribution in [0.5, 0.6) is 0 Å². The van der Waals surface area contributed by atoms with Crippen molar-refractivity contribution in [3.8, 4) is 0 Å². The van der Waals surface area contributed by atoms with Gasteiger partial charge >= 0.3 is 0 Å². The van der Waals surface area contributed by atoms with Crippen molar-refractivity contribution in [1.82, 2.24) is 14.7 Å². The maximum absolute atomic E-state index is 11.9. The number of ether oxygens (including phenoxy) is 1. The van der Waals surface area contributed by atoms with Crippen LogP contribution in [0.4, 0.5) is 5.95 Å². The van der Waals surface area contributed by atoms with Gasteiger partial charge in [-0.3, -0.25) is 5.43 Å². The largest absolute Gasteiger partial charge is 0.379 e. The summed E-state index contributed by atoms with van der Waals surface area (Å²) in [6.07, 6.45) is 4.10. The van der Waals surface area contributed by atoms with Crippen molar-refractivity contribution < 1.29 is 13.2 Å². The summed E-state index contributed by atoms with van der Waals surface area (Å²) in [5, 5.41) is 0. The standard InChI is InChI=1S/C11H21N5O3S/c1-9(2)19-6-4-3-5-15-20(17,18)10-7-13-11(16-12)14-8-10/h7-9,15H,3-6,12H2,1-2H3,(H,13,14,16). The average Bonchev–Trinajstić information content (AvgIpc) is 2.42. The molecule has 0 radical (unpaired) electrons. The zero-order valence-electron chi connectivity index (χ0n) is 11.7. The van der Waals surface area contributed by atoms with Crippen LogP contribution in [0.2, 0.25) is 0 Å². The normalized spacial score (nSPS) is 11.8. The van der Waals surface area contributed by atoms with Crippen molar-refractivity contribution in [3.05, 3.63) is 12.4 Å². The van der Waals surface area contributed by atoms with Crippen molar-refractivity contribution >= 4 is 16.0 Å². The van der Waals surface area contributed by atoms with Gasteiger partial charge in [-0.15, -0.1) is 0 Å². The molecule has 20 heavy (non-hydrogen) atoms. The van der Waals surface area contributed by atoms with Crippen molar-refractivity contribution in [1.29, 1.82) is 0 Å². The number of hydrazine groups is 1. The third-order valence-corrected chi connectivity index (χ3v) is 3.80. The Balaban J connectivity index is 2.37. The van der Waals surface area contributed by atoms with E-state index in [1.807, 2.05) is 13.8 Å². The highest BCUT2D eigenvalue weighted by atomic mass is 32.2. The Bertz CT molecular complexity index is 489. The molecule has 0 aliphatic carbocycles. The van der Waals surface area contributed by atoms with Crippen LogP contribution in [0.15, 0.2) is 17.3 Å². The van der Waals surface area contributed by atoms with Gasteiger partial charge in [0.15, 0.2) is 0 Å². The van der Waals surface area contributed by atoms with Gasteiger partial charge in [-0.25, -0.2) is 29.0 Å². The van der Waals surface area contributed by atoms with E-state index in [0.717, 1.165) is 6.42 Å². The van der Waals surface area contributed by atoms with E-state index in [1.165, 1.54) is 12.4 Å². The fraction of sp³-hybridized carbons (Fsp3) is 0.636. The van der Waals surface area contributed by atoms with Crippen molar-refractivity contribution in [2.24, 2.45) is 5.84 Å². The van der Waals surface area contributed by atoms with E-state index in [-0.39, 0.29) is 16.9 Å². The quantitative estimate of drug-likeness (QED) is 0.340. The number of unbranched alkanes of at least 4 members (excludes halogenated alkanes) is 1. The summed E-state index contributed by atoms with van der Waals surface area (Å²) < 4.78 is 31.7. The number of hydrogen-bond acceptors (Lipinski definition) is 7. The van der Waals surface area contributed by atoms with Gasteiger partial charge in [-0.1, -0.05) is 0 Å². The van der Waals surface area contributed by atoms with Gasteiger partial charge in [0.1, 0.15) is 4.90 Å². The summed E-state index contributed by atoms with van der Waals surface area (Å²) in [6, 6.07) is 0. The number of nitrogens with two attached hydrogens (primary N) is 1. The highest BCUT2D eigenvalue weighted by molar-refractivity contribution is 7.89. The number of hydrogen-bond donors (Lipinski definition) is 3. The first kappa shape index (κ1) is 16.8. The lowest BCUT2D eigenvalue weighted by atomic mass is 10.3. The van der Waals surface area contributed by atoms with Crippen LogP contribution in [-0.4, -0.2) is 37.6 Å². The summed E-state index contributed by atoms with van der Waals surface area (Å²) in [5.74, 6) is 5.27. The fourth-order valence-electron chi connectivity index (χ4n) is 1.37. The zero-order chi connectivity index (χ0) is 15.0. The molecule has 0 aromatic carbocycles. The predicted octanol–water partition coefficient (Wildman–Crippen LogP) is 0.246. The van der Waals surface area contributed by atoms with Crippen LogP contribution in [0.25, 0.3) is 0 Å². The molecule has 4 N–H and O–H groups in total. The van der Waals surface area contributed by atoms with Crippen molar-refractivity contribution in [2.75, 3.05) is 18.6 Å². The first-order chi connectivity index (χ1) is 9.45. The third kappa shape index (κ3) is 5.78. The van der Waals surface area contributed by atoms with E-state index in [9.17, 15) is 8.42 Å². The number of nitrogens with zero attached hydrogens (tertiary/aromatic N) is 2. The van der Waals surface area contributed by atoms with E-state index in [1.54, 1.807) is 0 Å². The van der Waals surface area contributed by atoms with E-state index in [2.05, 4.69) is 20.1 Å². The first-order valence-corrected chi connectivity index (χ1v) is 7.84. The molecular weight excluding hydrogens is 282 g/mol. The Kier molecular flexibility index (Phi) is 6.79. The topological polar surface area (TPSA) is 119 Å². The fourth-order valence-corrected chi connectivity index (χ4v) is 2.33. The lowest BCUT2D eigenvalue weighted by Gasteiger charge is -2.08. The molecule has 8 nitrogen and oxygen atoms in total. The summed E-state index contributed by atoms with van der Waals surface area (Å²) in [7, 11) is -3.57. The summed E-state index contributed by atoms with van der Waals surface area (Å²) in [5.41, 5.74) is 2.23. The molecule has 0 atom stereocenters. The SMILES string of the molecule is CC(C)OCCCCNS(=O)(=O)c1cnc(NN)nc1. The lowest BCUT2D eigenvalue weighted by Crippen LogP contribution is -2.25. The zero-order valence-corrected chi connectivity index (χ0v) is 12.5. The smallest absolute Gasteiger partial charge is 0.243 e. The summed E-state index contributed by atoms with van der Waals surface area (Å²) in [6.45, 7) is 4.89. The van der Waals surface area contributed by atoms with Gasteiger partial charge in [0.2, 0.25) is 16.0 Å². The Hall–Kier alpha value is -1.29. The Morgan fingerprint density at radius 3 is 2.50 bits per heavy atom. The maximum Gasteiger partial charge on any atom is 0.243 e. The van der Waals surface area contributed by atoms with E-state index in [4.69, 9.17) is 10.6 Å². The van der Waals surface area contributed by atoms with Crippen LogP contribution in [-0.2, 0) is 14.8 Å². The summed E-state index contributed by atoms with van der Waals surface area (Å²) in [4.78, 5) is 7.52. The monoisotopic (exact) mass is 303 g/mol. The predicted molar refractivity (Wildman–Crippen MR) is 75.4 cm³/mol. The Labute approximate surface area is 119 Å². The Morgan fingerprint density at radius 2 is 1.95 bits per heavy atom. The highest BCUT2D eigenvalue weighted by Crippen LogP contribution is 2.06. The molecule has 0 aliphatic rings. The maximum atomic E-state index is 11.9. The molecule has 0 fully saturated rings. The molecule has 114 valence electrons. The molecule has 0 unspecified atom stereocenters. The number of sulfonamides is 1. The number of rotatable bonds is 9. The minimum absolute atomic E-state index is 0.00919. The number of nitrogen functional groups attached to an aromatic ring is 1. The van der Waals surface area contributed by atoms with Crippen LogP contribution < -0.4 is 16.0 Å². The Morgan fingerprint density at radius 1 is 1.30 bits per heavy atom. The average molecular weight is 303 g/mol. The molecule has 1 rings (SSSR count). The summed E-state index contributed by atoms with van der Waals surface area (Å²) >= 11 is 0. The van der Waals surface area contributed by atoms with Crippen molar-refractivity contribution in [2.45, 2.75) is 37.7 Å². The third-order valence-electron chi connectivity index (χ3n) is 2.38. The lowest BCUT2D eigenvalue weighted by molar-refractivity contribution is 0.0762. The van der Waals surface area contributed by atoms with E-state index >= 15 is 0 Å². The molecular formula is C11H21N5O3S. The molecule has 1 aromatic rings. The van der Waals surface area contributed by atoms with Gasteiger partial charge in [-0.2, -0.15) is 0 Å². The molecule has 0 saturated carbocycles. The number of anilines is 1. The molecule has 1 aromatic heterocycles. The second kappa shape index (κ2) is 8.10. The molecule has 9 heteroatoms. The molecule has 1 heterocycles. The first-order valence-electron chi connectivity index (χ1n) is 6.35. The van der Waals surface area contributed by atoms with Gasteiger partial charge in [0, 0.05) is 13.2 Å². The van der Waals surface area contributed by atoms with Gasteiger partial charge in [0.25, 0.3) is 0 Å². The highest BCUT2D eigenvalue weighted by Gasteiger charge is 2.14. The van der Waals surface area contributed by atoms with Gasteiger partial charge in [0.05, 0.1) is 18.5 Å². The van der Waals surface area contributed by atoms with Gasteiger partial charge < -0.3 is 4.74 Å². The van der Waals surface area contributed by atoms with Crippen molar-refractivity contribution in [3.63, 3.8) is 0 Å². The van der Waals surface area contributed by atoms with Crippen LogP contribution in [0.3, 0.4) is 0 Å². The molecule has 0 bridgehead atoms. The number of aromatic nitrogens is 2. The van der Waals surface area contributed by atoms with Gasteiger partial charge in [-0.05, 0) is 26.7 Å². The minimum atomic E-state index is -3.57. The van der Waals surface area contributed by atoms with Crippen LogP contribution in [0, 0.1) is 0 Å².